The van der Waals surface area contributed by atoms with E-state index in [1.807, 2.05) is 54.6 Å². The van der Waals surface area contributed by atoms with Gasteiger partial charge in [0.15, 0.2) is 0 Å². The Labute approximate surface area is 140 Å². The Hall–Kier alpha value is -2.82. The molecule has 5 nitrogen and oxygen atoms in total. The molecule has 1 unspecified atom stereocenters. The average Bonchev–Trinajstić information content (AvgIpc) is 2.59. The normalized spacial score (nSPS) is 19.5. The van der Waals surface area contributed by atoms with Gasteiger partial charge in [0.1, 0.15) is 12.1 Å². The van der Waals surface area contributed by atoms with Gasteiger partial charge in [0.2, 0.25) is 0 Å². The van der Waals surface area contributed by atoms with Crippen molar-refractivity contribution in [3.63, 3.8) is 0 Å². The number of fused-ring (bicyclic) bond motifs is 1. The zero-order chi connectivity index (χ0) is 17.2. The molecule has 5 heteroatoms. The summed E-state index contributed by atoms with van der Waals surface area (Å²) in [6, 6.07) is 16.9. The van der Waals surface area contributed by atoms with Gasteiger partial charge in [-0.3, -0.25) is 4.90 Å². The molecule has 0 spiro atoms. The number of carboxylic acid groups (broad SMARTS) is 1. The smallest absolute Gasteiger partial charge is 0.411 e. The van der Waals surface area contributed by atoms with Crippen molar-refractivity contribution in [3.8, 4) is 0 Å². The van der Waals surface area contributed by atoms with E-state index in [2.05, 4.69) is 0 Å². The Kier molecular flexibility index (Phi) is 4.25. The third-order valence-corrected chi connectivity index (χ3v) is 4.46. The van der Waals surface area contributed by atoms with Crippen LogP contribution in [0.4, 0.5) is 4.79 Å². The Morgan fingerprint density at radius 2 is 1.71 bits per heavy atom. The summed E-state index contributed by atoms with van der Waals surface area (Å²) in [4.78, 5) is 25.7. The molecule has 0 aromatic heterocycles. The Bertz CT molecular complexity index is 759. The van der Waals surface area contributed by atoms with E-state index < -0.39 is 17.6 Å². The maximum atomic E-state index is 12.5. The van der Waals surface area contributed by atoms with Crippen LogP contribution < -0.4 is 0 Å². The van der Waals surface area contributed by atoms with Crippen LogP contribution in [-0.4, -0.2) is 27.6 Å². The van der Waals surface area contributed by atoms with Crippen molar-refractivity contribution < 1.29 is 19.4 Å². The van der Waals surface area contributed by atoms with Crippen molar-refractivity contribution in [2.24, 2.45) is 0 Å². The molecule has 124 valence electrons. The van der Waals surface area contributed by atoms with Crippen LogP contribution >= 0.6 is 0 Å². The molecule has 3 rings (SSSR count). The highest BCUT2D eigenvalue weighted by atomic mass is 16.6. The third kappa shape index (κ3) is 2.97. The van der Waals surface area contributed by atoms with Gasteiger partial charge in [-0.15, -0.1) is 0 Å². The van der Waals surface area contributed by atoms with Gasteiger partial charge in [0.05, 0.1) is 6.54 Å². The number of carbonyl (C=O) groups is 2. The molecule has 0 fully saturated rings. The molecule has 2 aromatic carbocycles. The van der Waals surface area contributed by atoms with Crippen molar-refractivity contribution in [2.75, 3.05) is 0 Å². The summed E-state index contributed by atoms with van der Waals surface area (Å²) < 4.78 is 5.35. The van der Waals surface area contributed by atoms with E-state index in [-0.39, 0.29) is 19.6 Å². The van der Waals surface area contributed by atoms with Crippen LogP contribution in [0, 0.1) is 0 Å². The molecule has 1 atom stereocenters. The lowest BCUT2D eigenvalue weighted by molar-refractivity contribution is -0.150. The van der Waals surface area contributed by atoms with Crippen molar-refractivity contribution in [1.82, 2.24) is 4.90 Å². The van der Waals surface area contributed by atoms with Gasteiger partial charge in [-0.25, -0.2) is 9.59 Å². The maximum absolute atomic E-state index is 12.5. The summed E-state index contributed by atoms with van der Waals surface area (Å²) in [5.74, 6) is -1.03. The van der Waals surface area contributed by atoms with E-state index in [4.69, 9.17) is 4.74 Å². The van der Waals surface area contributed by atoms with Crippen LogP contribution in [0.15, 0.2) is 54.6 Å². The SMILES string of the molecule is CC1(C(=O)O)Cc2ccccc2CN1C(=O)OCc1ccccc1. The van der Waals surface area contributed by atoms with Gasteiger partial charge in [0, 0.05) is 6.42 Å². The Morgan fingerprint density at radius 1 is 1.08 bits per heavy atom. The van der Waals surface area contributed by atoms with Crippen LogP contribution in [0.5, 0.6) is 0 Å². The summed E-state index contributed by atoms with van der Waals surface area (Å²) in [5.41, 5.74) is 1.45. The van der Waals surface area contributed by atoms with E-state index in [1.165, 1.54) is 4.90 Å². The topological polar surface area (TPSA) is 66.8 Å². The lowest BCUT2D eigenvalue weighted by atomic mass is 9.84. The minimum Gasteiger partial charge on any atom is -0.479 e. The third-order valence-electron chi connectivity index (χ3n) is 4.46. The van der Waals surface area contributed by atoms with Crippen molar-refractivity contribution in [2.45, 2.75) is 32.0 Å². The molecule has 1 N–H and O–H groups in total. The second kappa shape index (κ2) is 6.35. The number of ether oxygens (including phenoxy) is 1. The molecule has 0 bridgehead atoms. The number of hydrogen-bond acceptors (Lipinski definition) is 3. The molecule has 2 aromatic rings. The van der Waals surface area contributed by atoms with E-state index in [1.54, 1.807) is 6.92 Å². The number of rotatable bonds is 3. The number of nitrogens with zero attached hydrogens (tertiary/aromatic N) is 1. The number of carbonyl (C=O) groups excluding carboxylic acids is 1. The van der Waals surface area contributed by atoms with Gasteiger partial charge < -0.3 is 9.84 Å². The molecule has 1 amide bonds. The molecule has 1 aliphatic heterocycles. The molecular weight excluding hydrogens is 306 g/mol. The van der Waals surface area contributed by atoms with E-state index in [0.29, 0.717) is 0 Å². The van der Waals surface area contributed by atoms with Gasteiger partial charge in [0.25, 0.3) is 0 Å². The highest BCUT2D eigenvalue weighted by Crippen LogP contribution is 2.32. The number of aliphatic carboxylic acids is 1. The largest absolute Gasteiger partial charge is 0.479 e. The maximum Gasteiger partial charge on any atom is 0.411 e. The first-order chi connectivity index (χ1) is 11.5. The van der Waals surface area contributed by atoms with Gasteiger partial charge >= 0.3 is 12.1 Å². The number of benzene rings is 2. The quantitative estimate of drug-likeness (QED) is 0.941. The standard InChI is InChI=1S/C19H19NO4/c1-19(17(21)22)11-15-9-5-6-10-16(15)12-20(19)18(23)24-13-14-7-3-2-4-8-14/h2-10H,11-13H2,1H3,(H,21,22). The van der Waals surface area contributed by atoms with Crippen molar-refractivity contribution in [3.05, 3.63) is 71.3 Å². The first-order valence-electron chi connectivity index (χ1n) is 7.79. The molecule has 1 heterocycles. The van der Waals surface area contributed by atoms with Crippen molar-refractivity contribution in [1.29, 1.82) is 0 Å². The van der Waals surface area contributed by atoms with Crippen LogP contribution in [0.3, 0.4) is 0 Å². The lowest BCUT2D eigenvalue weighted by Gasteiger charge is -2.41. The minimum absolute atomic E-state index is 0.119. The van der Waals surface area contributed by atoms with Crippen LogP contribution in [0.1, 0.15) is 23.6 Å². The fourth-order valence-corrected chi connectivity index (χ4v) is 2.95. The van der Waals surface area contributed by atoms with Gasteiger partial charge in [-0.05, 0) is 23.6 Å². The lowest BCUT2D eigenvalue weighted by Crippen LogP contribution is -2.58. The molecule has 0 saturated heterocycles. The average molecular weight is 325 g/mol. The molecule has 0 radical (unpaired) electrons. The number of hydrogen-bond donors (Lipinski definition) is 1. The van der Waals surface area contributed by atoms with Gasteiger partial charge in [-0.1, -0.05) is 54.6 Å². The molecule has 0 aliphatic carbocycles. The monoisotopic (exact) mass is 325 g/mol. The predicted octanol–water partition coefficient (Wildman–Crippen LogP) is 3.22. The van der Waals surface area contributed by atoms with Crippen LogP contribution in [0.25, 0.3) is 0 Å². The van der Waals surface area contributed by atoms with Crippen LogP contribution in [0.2, 0.25) is 0 Å². The van der Waals surface area contributed by atoms with E-state index in [9.17, 15) is 14.7 Å². The zero-order valence-electron chi connectivity index (χ0n) is 13.4. The first-order valence-corrected chi connectivity index (χ1v) is 7.79. The fourth-order valence-electron chi connectivity index (χ4n) is 2.95. The Morgan fingerprint density at radius 3 is 2.38 bits per heavy atom. The summed E-state index contributed by atoms with van der Waals surface area (Å²) in [6.07, 6.45) is -0.350. The fraction of sp³-hybridized carbons (Fsp3) is 0.263. The highest BCUT2D eigenvalue weighted by molar-refractivity contribution is 5.85. The predicted molar refractivity (Wildman–Crippen MR) is 88.4 cm³/mol. The number of carboxylic acids is 1. The molecule has 0 saturated carbocycles. The summed E-state index contributed by atoms with van der Waals surface area (Å²) in [7, 11) is 0. The van der Waals surface area contributed by atoms with Crippen molar-refractivity contribution >= 4 is 12.1 Å². The second-order valence-corrected chi connectivity index (χ2v) is 6.15. The summed E-state index contributed by atoms with van der Waals surface area (Å²) in [5, 5.41) is 9.68. The highest BCUT2D eigenvalue weighted by Gasteiger charge is 2.46. The Balaban J connectivity index is 1.81. The zero-order valence-corrected chi connectivity index (χ0v) is 13.4. The first kappa shape index (κ1) is 16.1. The molecular formula is C19H19NO4. The summed E-state index contributed by atoms with van der Waals surface area (Å²) >= 11 is 0. The van der Waals surface area contributed by atoms with E-state index >= 15 is 0 Å². The van der Waals surface area contributed by atoms with Crippen LogP contribution in [-0.2, 0) is 29.1 Å². The minimum atomic E-state index is -1.32. The second-order valence-electron chi connectivity index (χ2n) is 6.15. The summed E-state index contributed by atoms with van der Waals surface area (Å²) in [6.45, 7) is 1.91. The van der Waals surface area contributed by atoms with Gasteiger partial charge in [-0.2, -0.15) is 0 Å². The molecule has 24 heavy (non-hydrogen) atoms. The van der Waals surface area contributed by atoms with E-state index in [0.717, 1.165) is 16.7 Å². The molecule has 1 aliphatic rings. The number of amides is 1.